The molecule has 0 spiro atoms. The van der Waals surface area contributed by atoms with Crippen molar-refractivity contribution in [2.24, 2.45) is 11.1 Å². The molecule has 0 aromatic carbocycles. The summed E-state index contributed by atoms with van der Waals surface area (Å²) in [5.41, 5.74) is 5.90. The van der Waals surface area contributed by atoms with E-state index in [0.717, 1.165) is 6.42 Å². The molecule has 0 aliphatic rings. The monoisotopic (exact) mass is 297 g/mol. The maximum absolute atomic E-state index is 11.7. The molecule has 0 saturated heterocycles. The second-order valence-corrected chi connectivity index (χ2v) is 6.25. The summed E-state index contributed by atoms with van der Waals surface area (Å²) in [4.78, 5) is 22.3. The zero-order chi connectivity index (χ0) is 16.0. The molecule has 1 unspecified atom stereocenters. The van der Waals surface area contributed by atoms with Crippen LogP contribution in [0.2, 0.25) is 0 Å². The molecule has 1 atom stereocenters. The van der Waals surface area contributed by atoms with Gasteiger partial charge < -0.3 is 16.2 Å². The lowest BCUT2D eigenvalue weighted by Gasteiger charge is -2.22. The minimum atomic E-state index is -1.13. The Labute approximate surface area is 123 Å². The van der Waals surface area contributed by atoms with Gasteiger partial charge in [-0.2, -0.15) is 0 Å². The SMILES string of the molecule is CC(C)(C)CC(N)CC(=O)NCCn1cc(C(=O)O)nn1. The van der Waals surface area contributed by atoms with Crippen LogP contribution in [-0.2, 0) is 11.3 Å². The Bertz CT molecular complexity index is 492. The lowest BCUT2D eigenvalue weighted by Crippen LogP contribution is -2.35. The van der Waals surface area contributed by atoms with E-state index in [1.54, 1.807) is 0 Å². The highest BCUT2D eigenvalue weighted by atomic mass is 16.4. The summed E-state index contributed by atoms with van der Waals surface area (Å²) >= 11 is 0. The van der Waals surface area contributed by atoms with Crippen LogP contribution in [0.25, 0.3) is 0 Å². The van der Waals surface area contributed by atoms with E-state index in [4.69, 9.17) is 10.8 Å². The third-order valence-electron chi connectivity index (χ3n) is 2.74. The summed E-state index contributed by atoms with van der Waals surface area (Å²) in [6.45, 7) is 6.95. The van der Waals surface area contributed by atoms with Crippen molar-refractivity contribution in [2.75, 3.05) is 6.54 Å². The average Bonchev–Trinajstić information content (AvgIpc) is 2.74. The van der Waals surface area contributed by atoms with Gasteiger partial charge in [-0.25, -0.2) is 9.48 Å². The fraction of sp³-hybridized carbons (Fsp3) is 0.692. The molecular weight excluding hydrogens is 274 g/mol. The van der Waals surface area contributed by atoms with Crippen molar-refractivity contribution in [1.29, 1.82) is 0 Å². The molecule has 1 rings (SSSR count). The van der Waals surface area contributed by atoms with Gasteiger partial charge in [0.1, 0.15) is 0 Å². The van der Waals surface area contributed by atoms with Crippen LogP contribution < -0.4 is 11.1 Å². The number of nitrogens with one attached hydrogen (secondary N) is 1. The van der Waals surface area contributed by atoms with Crippen molar-refractivity contribution in [2.45, 2.75) is 46.2 Å². The fourth-order valence-electron chi connectivity index (χ4n) is 1.98. The Kier molecular flexibility index (Phi) is 5.83. The molecule has 8 heteroatoms. The van der Waals surface area contributed by atoms with Gasteiger partial charge in [-0.05, 0) is 11.8 Å². The third-order valence-corrected chi connectivity index (χ3v) is 2.74. The number of carboxylic acids is 1. The van der Waals surface area contributed by atoms with Gasteiger partial charge in [0.2, 0.25) is 5.91 Å². The maximum Gasteiger partial charge on any atom is 0.358 e. The van der Waals surface area contributed by atoms with E-state index in [1.807, 2.05) is 0 Å². The predicted octanol–water partition coefficient (Wildman–Crippen LogP) is 0.246. The summed E-state index contributed by atoms with van der Waals surface area (Å²) in [7, 11) is 0. The minimum Gasteiger partial charge on any atom is -0.476 e. The molecule has 4 N–H and O–H groups in total. The number of carbonyl (C=O) groups is 2. The van der Waals surface area contributed by atoms with Gasteiger partial charge in [-0.15, -0.1) is 5.10 Å². The molecule has 1 amide bonds. The number of carboxylic acid groups (broad SMARTS) is 1. The molecular formula is C13H23N5O3. The van der Waals surface area contributed by atoms with Gasteiger partial charge >= 0.3 is 5.97 Å². The first-order valence-corrected chi connectivity index (χ1v) is 6.83. The first-order chi connectivity index (χ1) is 9.67. The van der Waals surface area contributed by atoms with Gasteiger partial charge in [-0.1, -0.05) is 26.0 Å². The standard InChI is InChI=1S/C13H23N5O3/c1-13(2,3)7-9(14)6-11(19)15-4-5-18-8-10(12(20)21)16-17-18/h8-9H,4-7,14H2,1-3H3,(H,15,19)(H,20,21). The van der Waals surface area contributed by atoms with Crippen molar-refractivity contribution in [3.05, 3.63) is 11.9 Å². The summed E-state index contributed by atoms with van der Waals surface area (Å²) < 4.78 is 1.37. The molecule has 0 radical (unpaired) electrons. The first-order valence-electron chi connectivity index (χ1n) is 6.83. The number of rotatable bonds is 7. The maximum atomic E-state index is 11.7. The average molecular weight is 297 g/mol. The topological polar surface area (TPSA) is 123 Å². The number of amides is 1. The number of nitrogens with two attached hydrogens (primary N) is 1. The number of carbonyl (C=O) groups excluding carboxylic acids is 1. The normalized spacial score (nSPS) is 13.0. The molecule has 8 nitrogen and oxygen atoms in total. The molecule has 0 saturated carbocycles. The Balaban J connectivity index is 2.28. The van der Waals surface area contributed by atoms with E-state index in [-0.39, 0.29) is 29.5 Å². The highest BCUT2D eigenvalue weighted by molar-refractivity contribution is 5.84. The summed E-state index contributed by atoms with van der Waals surface area (Å²) in [5, 5.41) is 18.6. The second kappa shape index (κ2) is 7.16. The van der Waals surface area contributed by atoms with Gasteiger partial charge in [0, 0.05) is 19.0 Å². The van der Waals surface area contributed by atoms with Crippen LogP contribution in [0.1, 0.15) is 44.1 Å². The Morgan fingerprint density at radius 3 is 2.67 bits per heavy atom. The lowest BCUT2D eigenvalue weighted by molar-refractivity contribution is -0.121. The molecule has 1 aromatic rings. The first kappa shape index (κ1) is 17.1. The third kappa shape index (κ3) is 6.84. The molecule has 0 aliphatic heterocycles. The molecule has 0 bridgehead atoms. The minimum absolute atomic E-state index is 0.0909. The van der Waals surface area contributed by atoms with E-state index >= 15 is 0 Å². The number of hydrogen-bond acceptors (Lipinski definition) is 5. The van der Waals surface area contributed by atoms with E-state index in [0.29, 0.717) is 13.1 Å². The van der Waals surface area contributed by atoms with Crippen LogP contribution in [-0.4, -0.2) is 44.6 Å². The van der Waals surface area contributed by atoms with Gasteiger partial charge in [-0.3, -0.25) is 4.79 Å². The van der Waals surface area contributed by atoms with Crippen LogP contribution >= 0.6 is 0 Å². The summed E-state index contributed by atoms with van der Waals surface area (Å²) in [6, 6.07) is -0.171. The molecule has 21 heavy (non-hydrogen) atoms. The predicted molar refractivity (Wildman–Crippen MR) is 76.7 cm³/mol. The van der Waals surface area contributed by atoms with E-state index in [2.05, 4.69) is 36.4 Å². The lowest BCUT2D eigenvalue weighted by atomic mass is 9.87. The van der Waals surface area contributed by atoms with Gasteiger partial charge in [0.05, 0.1) is 12.7 Å². The largest absolute Gasteiger partial charge is 0.476 e. The summed E-state index contributed by atoms with van der Waals surface area (Å²) in [5.74, 6) is -1.25. The second-order valence-electron chi connectivity index (χ2n) is 6.25. The smallest absolute Gasteiger partial charge is 0.358 e. The van der Waals surface area contributed by atoms with Gasteiger partial charge in [0.25, 0.3) is 0 Å². The Morgan fingerprint density at radius 2 is 2.14 bits per heavy atom. The van der Waals surface area contributed by atoms with Crippen LogP contribution in [0.3, 0.4) is 0 Å². The van der Waals surface area contributed by atoms with Crippen molar-refractivity contribution in [3.8, 4) is 0 Å². The van der Waals surface area contributed by atoms with Gasteiger partial charge in [0.15, 0.2) is 5.69 Å². The molecule has 0 aliphatic carbocycles. The molecule has 1 aromatic heterocycles. The highest BCUT2D eigenvalue weighted by Crippen LogP contribution is 2.20. The Hall–Kier alpha value is -1.96. The zero-order valence-corrected chi connectivity index (χ0v) is 12.7. The highest BCUT2D eigenvalue weighted by Gasteiger charge is 2.18. The van der Waals surface area contributed by atoms with Crippen LogP contribution in [0, 0.1) is 5.41 Å². The van der Waals surface area contributed by atoms with Crippen molar-refractivity contribution < 1.29 is 14.7 Å². The van der Waals surface area contributed by atoms with E-state index in [1.165, 1.54) is 10.9 Å². The van der Waals surface area contributed by atoms with E-state index in [9.17, 15) is 9.59 Å². The Morgan fingerprint density at radius 1 is 1.48 bits per heavy atom. The van der Waals surface area contributed by atoms with Crippen LogP contribution in [0.4, 0.5) is 0 Å². The fourth-order valence-corrected chi connectivity index (χ4v) is 1.98. The van der Waals surface area contributed by atoms with Crippen molar-refractivity contribution in [3.63, 3.8) is 0 Å². The number of aromatic carboxylic acids is 1. The molecule has 1 heterocycles. The van der Waals surface area contributed by atoms with Crippen LogP contribution in [0.15, 0.2) is 6.20 Å². The summed E-state index contributed by atoms with van der Waals surface area (Å²) in [6.07, 6.45) is 2.36. The number of hydrogen-bond donors (Lipinski definition) is 3. The zero-order valence-electron chi connectivity index (χ0n) is 12.7. The van der Waals surface area contributed by atoms with Crippen LogP contribution in [0.5, 0.6) is 0 Å². The number of aromatic nitrogens is 3. The van der Waals surface area contributed by atoms with Crippen molar-refractivity contribution in [1.82, 2.24) is 20.3 Å². The molecule has 118 valence electrons. The molecule has 0 fully saturated rings. The van der Waals surface area contributed by atoms with E-state index < -0.39 is 5.97 Å². The quantitative estimate of drug-likeness (QED) is 0.662. The van der Waals surface area contributed by atoms with Crippen molar-refractivity contribution >= 4 is 11.9 Å². The number of nitrogens with zero attached hydrogens (tertiary/aromatic N) is 3.